The van der Waals surface area contributed by atoms with Gasteiger partial charge < -0.3 is 14.8 Å². The van der Waals surface area contributed by atoms with E-state index in [1.807, 2.05) is 36.4 Å². The van der Waals surface area contributed by atoms with Crippen molar-refractivity contribution in [3.05, 3.63) is 66.2 Å². The average molecular weight is 426 g/mol. The normalized spacial score (nSPS) is 15.1. The number of amides is 1. The zero-order valence-electron chi connectivity index (χ0n) is 16.5. The number of hydrogen-bond acceptors (Lipinski definition) is 5. The number of ether oxygens (including phenoxy) is 2. The molecule has 0 unspecified atom stereocenters. The number of nitrogens with zero attached hydrogens (tertiary/aromatic N) is 1. The molecule has 3 aromatic rings. The van der Waals surface area contributed by atoms with E-state index in [1.54, 1.807) is 18.2 Å². The molecule has 1 aliphatic rings. The third-order valence-corrected chi connectivity index (χ3v) is 6.96. The Morgan fingerprint density at radius 3 is 2.53 bits per heavy atom. The van der Waals surface area contributed by atoms with Crippen LogP contribution in [0.5, 0.6) is 5.75 Å². The summed E-state index contributed by atoms with van der Waals surface area (Å²) in [5, 5.41) is 4.60. The van der Waals surface area contributed by atoms with Crippen molar-refractivity contribution < 1.29 is 22.7 Å². The van der Waals surface area contributed by atoms with Gasteiger partial charge in [-0.3, -0.25) is 4.79 Å². The molecule has 0 radical (unpaired) electrons. The van der Waals surface area contributed by atoms with E-state index in [1.165, 1.54) is 17.5 Å². The summed E-state index contributed by atoms with van der Waals surface area (Å²) in [6, 6.07) is 17.7. The molecule has 1 fully saturated rings. The van der Waals surface area contributed by atoms with Crippen LogP contribution in [0, 0.1) is 0 Å². The van der Waals surface area contributed by atoms with Crippen molar-refractivity contribution in [2.75, 3.05) is 38.7 Å². The average Bonchev–Trinajstić information content (AvgIpc) is 2.79. The molecule has 7 nitrogen and oxygen atoms in total. The molecular weight excluding hydrogens is 404 g/mol. The SMILES string of the molecule is COc1ccc(NC(=O)c2cccc3ccccc23)cc1S(=O)(=O)N1CCOCC1. The summed E-state index contributed by atoms with van der Waals surface area (Å²) >= 11 is 0. The first kappa shape index (κ1) is 20.3. The molecule has 1 N–H and O–H groups in total. The Kier molecular flexibility index (Phi) is 5.72. The Labute approximate surface area is 175 Å². The van der Waals surface area contributed by atoms with Gasteiger partial charge in [0.15, 0.2) is 0 Å². The summed E-state index contributed by atoms with van der Waals surface area (Å²) < 4.78 is 38.1. The van der Waals surface area contributed by atoms with Crippen LogP contribution in [-0.4, -0.2) is 52.0 Å². The maximum Gasteiger partial charge on any atom is 0.256 e. The third kappa shape index (κ3) is 3.89. The second-order valence-electron chi connectivity index (χ2n) is 6.86. The van der Waals surface area contributed by atoms with Gasteiger partial charge in [0.2, 0.25) is 10.0 Å². The predicted molar refractivity (Wildman–Crippen MR) is 114 cm³/mol. The number of nitrogens with one attached hydrogen (secondary N) is 1. The van der Waals surface area contributed by atoms with E-state index in [-0.39, 0.29) is 29.6 Å². The van der Waals surface area contributed by atoms with Crippen LogP contribution in [0.4, 0.5) is 5.69 Å². The molecule has 1 amide bonds. The number of benzene rings is 3. The maximum atomic E-state index is 13.1. The minimum Gasteiger partial charge on any atom is -0.495 e. The number of carbonyl (C=O) groups excluding carboxylic acids is 1. The van der Waals surface area contributed by atoms with Crippen LogP contribution >= 0.6 is 0 Å². The molecule has 30 heavy (non-hydrogen) atoms. The summed E-state index contributed by atoms with van der Waals surface area (Å²) in [5.41, 5.74) is 0.891. The van der Waals surface area contributed by atoms with E-state index in [4.69, 9.17) is 9.47 Å². The van der Waals surface area contributed by atoms with Gasteiger partial charge in [-0.2, -0.15) is 4.31 Å². The Hall–Kier alpha value is -2.94. The van der Waals surface area contributed by atoms with E-state index in [9.17, 15) is 13.2 Å². The molecular formula is C22H22N2O5S. The molecule has 1 aliphatic heterocycles. The molecule has 4 rings (SSSR count). The quantitative estimate of drug-likeness (QED) is 0.678. The fourth-order valence-corrected chi connectivity index (χ4v) is 5.09. The molecule has 0 aliphatic carbocycles. The van der Waals surface area contributed by atoms with E-state index in [0.29, 0.717) is 24.5 Å². The lowest BCUT2D eigenvalue weighted by atomic mass is 10.0. The van der Waals surface area contributed by atoms with E-state index >= 15 is 0 Å². The molecule has 1 heterocycles. The van der Waals surface area contributed by atoms with Crippen LogP contribution in [0.2, 0.25) is 0 Å². The smallest absolute Gasteiger partial charge is 0.256 e. The van der Waals surface area contributed by atoms with Crippen molar-refractivity contribution in [1.29, 1.82) is 0 Å². The van der Waals surface area contributed by atoms with Crippen LogP contribution in [0.15, 0.2) is 65.6 Å². The van der Waals surface area contributed by atoms with Gasteiger partial charge >= 0.3 is 0 Å². The number of carbonyl (C=O) groups is 1. The van der Waals surface area contributed by atoms with Crippen LogP contribution in [0.1, 0.15) is 10.4 Å². The fourth-order valence-electron chi connectivity index (χ4n) is 3.50. The number of hydrogen-bond donors (Lipinski definition) is 1. The van der Waals surface area contributed by atoms with Crippen molar-refractivity contribution >= 4 is 32.4 Å². The lowest BCUT2D eigenvalue weighted by Crippen LogP contribution is -2.40. The summed E-state index contributed by atoms with van der Waals surface area (Å²) in [5.74, 6) is -0.0867. The molecule has 0 spiro atoms. The first-order valence-corrected chi connectivity index (χ1v) is 11.0. The van der Waals surface area contributed by atoms with Gasteiger partial charge in [-0.25, -0.2) is 8.42 Å². The summed E-state index contributed by atoms with van der Waals surface area (Å²) in [7, 11) is -2.37. The zero-order chi connectivity index (χ0) is 21.1. The Morgan fingerprint density at radius 1 is 1.03 bits per heavy atom. The third-order valence-electron chi connectivity index (χ3n) is 5.04. The second kappa shape index (κ2) is 8.43. The van der Waals surface area contributed by atoms with Crippen LogP contribution in [0.25, 0.3) is 10.8 Å². The molecule has 0 bridgehead atoms. The number of morpholine rings is 1. The summed E-state index contributed by atoms with van der Waals surface area (Å²) in [6.07, 6.45) is 0. The van der Waals surface area contributed by atoms with Crippen molar-refractivity contribution in [3.8, 4) is 5.75 Å². The van der Waals surface area contributed by atoms with Gasteiger partial charge in [0.1, 0.15) is 10.6 Å². The summed E-state index contributed by atoms with van der Waals surface area (Å²) in [4.78, 5) is 12.9. The van der Waals surface area contributed by atoms with Gasteiger partial charge in [0.25, 0.3) is 5.91 Å². The molecule has 1 saturated heterocycles. The first-order valence-electron chi connectivity index (χ1n) is 9.56. The molecule has 0 aromatic heterocycles. The standard InChI is InChI=1S/C22H22N2O5S/c1-28-20-10-9-17(15-21(20)30(26,27)24-11-13-29-14-12-24)23-22(25)19-8-4-6-16-5-2-3-7-18(16)19/h2-10,15H,11-14H2,1H3,(H,23,25). The molecule has 0 atom stereocenters. The lowest BCUT2D eigenvalue weighted by molar-refractivity contribution is 0.0729. The number of fused-ring (bicyclic) bond motifs is 1. The highest BCUT2D eigenvalue weighted by atomic mass is 32.2. The van der Waals surface area contributed by atoms with E-state index < -0.39 is 10.0 Å². The van der Waals surface area contributed by atoms with Crippen molar-refractivity contribution in [2.24, 2.45) is 0 Å². The number of rotatable bonds is 5. The van der Waals surface area contributed by atoms with Gasteiger partial charge in [-0.15, -0.1) is 0 Å². The van der Waals surface area contributed by atoms with Crippen LogP contribution in [0.3, 0.4) is 0 Å². The van der Waals surface area contributed by atoms with Crippen LogP contribution < -0.4 is 10.1 Å². The highest BCUT2D eigenvalue weighted by molar-refractivity contribution is 7.89. The minimum absolute atomic E-state index is 0.0163. The molecule has 156 valence electrons. The summed E-state index contributed by atoms with van der Waals surface area (Å²) in [6.45, 7) is 1.24. The van der Waals surface area contributed by atoms with Gasteiger partial charge in [0, 0.05) is 24.3 Å². The molecule has 0 saturated carbocycles. The topological polar surface area (TPSA) is 84.9 Å². The molecule has 3 aromatic carbocycles. The number of anilines is 1. The minimum atomic E-state index is -3.79. The predicted octanol–water partition coefficient (Wildman–Crippen LogP) is 3.12. The van der Waals surface area contributed by atoms with Gasteiger partial charge in [-0.1, -0.05) is 36.4 Å². The Bertz CT molecular complexity index is 1180. The monoisotopic (exact) mass is 426 g/mol. The number of sulfonamides is 1. The lowest BCUT2D eigenvalue weighted by Gasteiger charge is -2.26. The van der Waals surface area contributed by atoms with E-state index in [0.717, 1.165) is 10.8 Å². The Balaban J connectivity index is 1.67. The first-order chi connectivity index (χ1) is 14.5. The van der Waals surface area contributed by atoms with Gasteiger partial charge in [0.05, 0.1) is 20.3 Å². The zero-order valence-corrected chi connectivity index (χ0v) is 17.3. The van der Waals surface area contributed by atoms with Crippen LogP contribution in [-0.2, 0) is 14.8 Å². The van der Waals surface area contributed by atoms with E-state index in [2.05, 4.69) is 5.32 Å². The number of methoxy groups -OCH3 is 1. The Morgan fingerprint density at radius 2 is 1.77 bits per heavy atom. The van der Waals surface area contributed by atoms with Gasteiger partial charge in [-0.05, 0) is 35.0 Å². The van der Waals surface area contributed by atoms with Crippen molar-refractivity contribution in [1.82, 2.24) is 4.31 Å². The highest BCUT2D eigenvalue weighted by Crippen LogP contribution is 2.30. The second-order valence-corrected chi connectivity index (χ2v) is 8.77. The van der Waals surface area contributed by atoms with Crippen molar-refractivity contribution in [2.45, 2.75) is 4.90 Å². The van der Waals surface area contributed by atoms with Crippen molar-refractivity contribution in [3.63, 3.8) is 0 Å². The maximum absolute atomic E-state index is 13.1. The molecule has 8 heteroatoms. The largest absolute Gasteiger partial charge is 0.495 e. The highest BCUT2D eigenvalue weighted by Gasteiger charge is 2.29. The fraction of sp³-hybridized carbons (Fsp3) is 0.227.